The van der Waals surface area contributed by atoms with Crippen LogP contribution in [0.3, 0.4) is 0 Å². The lowest BCUT2D eigenvalue weighted by atomic mass is 10.2. The Morgan fingerprint density at radius 2 is 1.84 bits per heavy atom. The summed E-state index contributed by atoms with van der Waals surface area (Å²) in [6.07, 6.45) is 0. The molecular formula is C14H17NO4. The number of likely N-dealkylation sites (N-methyl/N-ethyl adjacent to an activating group) is 1. The molecule has 0 bridgehead atoms. The minimum Gasteiger partial charge on any atom is -0.483 e. The molecular weight excluding hydrogens is 246 g/mol. The molecule has 0 atom stereocenters. The van der Waals surface area contributed by atoms with Crippen molar-refractivity contribution in [3.8, 4) is 0 Å². The number of allylic oxidation sites excluding steroid dienone is 1. The van der Waals surface area contributed by atoms with Crippen molar-refractivity contribution in [3.05, 3.63) is 47.4 Å². The Kier molecular flexibility index (Phi) is 5.60. The lowest BCUT2D eigenvalue weighted by molar-refractivity contribution is -0.137. The van der Waals surface area contributed by atoms with Gasteiger partial charge >= 0.3 is 5.97 Å². The fourth-order valence-electron chi connectivity index (χ4n) is 1.49. The first-order valence-electron chi connectivity index (χ1n) is 5.78. The Morgan fingerprint density at radius 1 is 1.21 bits per heavy atom. The zero-order valence-corrected chi connectivity index (χ0v) is 11.2. The summed E-state index contributed by atoms with van der Waals surface area (Å²) >= 11 is 0. The summed E-state index contributed by atoms with van der Waals surface area (Å²) in [7, 11) is 2.77. The number of hydrogen-bond donors (Lipinski definition) is 1. The maximum absolute atomic E-state index is 11.6. The fraction of sp³-hybridized carbons (Fsp3) is 0.286. The Hall–Kier alpha value is -2.30. The van der Waals surface area contributed by atoms with Gasteiger partial charge in [0, 0.05) is 14.0 Å². The molecule has 0 heterocycles. The van der Waals surface area contributed by atoms with Crippen molar-refractivity contribution in [1.82, 2.24) is 5.32 Å². The van der Waals surface area contributed by atoms with Gasteiger partial charge in [-0.05, 0) is 5.56 Å². The van der Waals surface area contributed by atoms with Crippen LogP contribution in [0.15, 0.2) is 41.8 Å². The Balaban J connectivity index is 2.92. The SMILES string of the molecule is CN/C(C(=O)OC)=C(/OCc1ccccc1)C(C)=O. The Morgan fingerprint density at radius 3 is 2.32 bits per heavy atom. The molecule has 0 aromatic heterocycles. The fourth-order valence-corrected chi connectivity index (χ4v) is 1.49. The van der Waals surface area contributed by atoms with Crippen molar-refractivity contribution in [1.29, 1.82) is 0 Å². The number of benzene rings is 1. The molecule has 0 aliphatic rings. The normalized spacial score (nSPS) is 11.3. The van der Waals surface area contributed by atoms with E-state index in [1.54, 1.807) is 0 Å². The molecule has 102 valence electrons. The average molecular weight is 263 g/mol. The van der Waals surface area contributed by atoms with E-state index in [4.69, 9.17) is 4.74 Å². The molecule has 0 radical (unpaired) electrons. The number of hydrogen-bond acceptors (Lipinski definition) is 5. The van der Waals surface area contributed by atoms with Crippen LogP contribution < -0.4 is 5.32 Å². The van der Waals surface area contributed by atoms with Gasteiger partial charge in [-0.3, -0.25) is 4.79 Å². The maximum atomic E-state index is 11.6. The molecule has 1 aromatic carbocycles. The highest BCUT2D eigenvalue weighted by atomic mass is 16.5. The summed E-state index contributed by atoms with van der Waals surface area (Å²) in [5.41, 5.74) is 0.924. The highest BCUT2D eigenvalue weighted by Crippen LogP contribution is 2.11. The van der Waals surface area contributed by atoms with E-state index in [1.165, 1.54) is 21.1 Å². The number of methoxy groups -OCH3 is 1. The first-order chi connectivity index (χ1) is 9.10. The van der Waals surface area contributed by atoms with Gasteiger partial charge in [0.2, 0.25) is 0 Å². The third-order valence-corrected chi connectivity index (χ3v) is 2.41. The molecule has 0 saturated heterocycles. The van der Waals surface area contributed by atoms with E-state index in [2.05, 4.69) is 10.1 Å². The van der Waals surface area contributed by atoms with E-state index in [9.17, 15) is 9.59 Å². The molecule has 1 rings (SSSR count). The number of esters is 1. The monoisotopic (exact) mass is 263 g/mol. The van der Waals surface area contributed by atoms with Gasteiger partial charge in [-0.2, -0.15) is 0 Å². The molecule has 1 N–H and O–H groups in total. The topological polar surface area (TPSA) is 64.6 Å². The molecule has 5 heteroatoms. The highest BCUT2D eigenvalue weighted by molar-refractivity contribution is 6.00. The summed E-state index contributed by atoms with van der Waals surface area (Å²) in [5.74, 6) is -1.01. The van der Waals surface area contributed by atoms with Gasteiger partial charge in [0.15, 0.2) is 17.2 Å². The number of carbonyl (C=O) groups is 2. The molecule has 0 aliphatic heterocycles. The first-order valence-corrected chi connectivity index (χ1v) is 5.78. The molecule has 0 unspecified atom stereocenters. The molecule has 1 aromatic rings. The van der Waals surface area contributed by atoms with Gasteiger partial charge in [0.05, 0.1) is 7.11 Å². The van der Waals surface area contributed by atoms with Crippen LogP contribution >= 0.6 is 0 Å². The van der Waals surface area contributed by atoms with Crippen molar-refractivity contribution in [3.63, 3.8) is 0 Å². The summed E-state index contributed by atoms with van der Waals surface area (Å²) in [5, 5.41) is 2.63. The summed E-state index contributed by atoms with van der Waals surface area (Å²) in [6, 6.07) is 9.37. The van der Waals surface area contributed by atoms with Gasteiger partial charge < -0.3 is 14.8 Å². The molecule has 0 aliphatic carbocycles. The van der Waals surface area contributed by atoms with Crippen LogP contribution in [0.2, 0.25) is 0 Å². The minimum absolute atomic E-state index is 0.0194. The smallest absolute Gasteiger partial charge is 0.358 e. The van der Waals surface area contributed by atoms with Crippen LogP contribution in [-0.2, 0) is 25.7 Å². The van der Waals surface area contributed by atoms with E-state index in [1.807, 2.05) is 30.3 Å². The van der Waals surface area contributed by atoms with Crippen LogP contribution in [0.1, 0.15) is 12.5 Å². The van der Waals surface area contributed by atoms with E-state index in [0.29, 0.717) is 0 Å². The van der Waals surface area contributed by atoms with Crippen molar-refractivity contribution < 1.29 is 19.1 Å². The predicted molar refractivity (Wildman–Crippen MR) is 70.0 cm³/mol. The summed E-state index contributed by atoms with van der Waals surface area (Å²) in [4.78, 5) is 23.1. The second-order valence-corrected chi connectivity index (χ2v) is 3.78. The van der Waals surface area contributed by atoms with Crippen LogP contribution in [0.25, 0.3) is 0 Å². The van der Waals surface area contributed by atoms with Gasteiger partial charge in [0.25, 0.3) is 0 Å². The number of carbonyl (C=O) groups excluding carboxylic acids is 2. The van der Waals surface area contributed by atoms with Crippen molar-refractivity contribution in [2.75, 3.05) is 14.2 Å². The zero-order chi connectivity index (χ0) is 14.3. The van der Waals surface area contributed by atoms with Crippen LogP contribution in [0.4, 0.5) is 0 Å². The molecule has 0 fully saturated rings. The van der Waals surface area contributed by atoms with Crippen molar-refractivity contribution in [2.24, 2.45) is 0 Å². The third-order valence-electron chi connectivity index (χ3n) is 2.41. The zero-order valence-electron chi connectivity index (χ0n) is 11.2. The molecule has 0 amide bonds. The summed E-state index contributed by atoms with van der Waals surface area (Å²) in [6.45, 7) is 1.54. The third kappa shape index (κ3) is 4.13. The second kappa shape index (κ2) is 7.20. The number of nitrogens with one attached hydrogen (secondary N) is 1. The minimum atomic E-state index is -0.638. The van der Waals surface area contributed by atoms with Crippen LogP contribution in [0.5, 0.6) is 0 Å². The molecule has 19 heavy (non-hydrogen) atoms. The molecule has 0 saturated carbocycles. The van der Waals surface area contributed by atoms with Gasteiger partial charge in [0.1, 0.15) is 6.61 Å². The number of rotatable bonds is 6. The van der Waals surface area contributed by atoms with E-state index in [0.717, 1.165) is 5.56 Å². The van der Waals surface area contributed by atoms with Crippen LogP contribution in [-0.4, -0.2) is 25.9 Å². The Bertz CT molecular complexity index is 479. The first kappa shape index (κ1) is 14.8. The van der Waals surface area contributed by atoms with Crippen molar-refractivity contribution >= 4 is 11.8 Å². The number of ether oxygens (including phenoxy) is 2. The largest absolute Gasteiger partial charge is 0.483 e. The van der Waals surface area contributed by atoms with Gasteiger partial charge in [-0.1, -0.05) is 30.3 Å². The second-order valence-electron chi connectivity index (χ2n) is 3.78. The number of Topliss-reactive ketones (excluding diaryl/α,β-unsaturated/α-hetero) is 1. The van der Waals surface area contributed by atoms with Gasteiger partial charge in [-0.15, -0.1) is 0 Å². The van der Waals surface area contributed by atoms with Gasteiger partial charge in [-0.25, -0.2) is 4.79 Å². The highest BCUT2D eigenvalue weighted by Gasteiger charge is 2.19. The predicted octanol–water partition coefficient (Wildman–Crippen LogP) is 1.40. The summed E-state index contributed by atoms with van der Waals surface area (Å²) < 4.78 is 10.0. The lowest BCUT2D eigenvalue weighted by Crippen LogP contribution is -2.23. The van der Waals surface area contributed by atoms with Crippen LogP contribution in [0, 0.1) is 0 Å². The van der Waals surface area contributed by atoms with Crippen molar-refractivity contribution in [2.45, 2.75) is 13.5 Å². The average Bonchev–Trinajstić information content (AvgIpc) is 2.43. The van der Waals surface area contributed by atoms with E-state index in [-0.39, 0.29) is 23.8 Å². The lowest BCUT2D eigenvalue weighted by Gasteiger charge is -2.12. The quantitative estimate of drug-likeness (QED) is 0.477. The maximum Gasteiger partial charge on any atom is 0.358 e. The Labute approximate surface area is 112 Å². The standard InChI is InChI=1S/C14H17NO4/c1-10(16)13(12(15-2)14(17)18-3)19-9-11-7-5-4-6-8-11/h4-8,15H,9H2,1-3H3/b13-12+. The molecule has 5 nitrogen and oxygen atoms in total. The van der Waals surface area contributed by atoms with E-state index < -0.39 is 5.97 Å². The number of ketones is 1. The van der Waals surface area contributed by atoms with E-state index >= 15 is 0 Å². The molecule has 0 spiro atoms.